The van der Waals surface area contributed by atoms with Crippen LogP contribution in [0.15, 0.2) is 18.2 Å². The number of nitrogen functional groups attached to an aromatic ring is 1. The summed E-state index contributed by atoms with van der Waals surface area (Å²) in [5.41, 5.74) is 11.3. The highest BCUT2D eigenvalue weighted by molar-refractivity contribution is 6.31. The van der Waals surface area contributed by atoms with Crippen molar-refractivity contribution in [3.05, 3.63) is 40.2 Å². The molecule has 0 amide bonds. The van der Waals surface area contributed by atoms with Gasteiger partial charge in [-0.1, -0.05) is 24.6 Å². The van der Waals surface area contributed by atoms with Gasteiger partial charge in [0.15, 0.2) is 0 Å². The van der Waals surface area contributed by atoms with E-state index in [1.807, 2.05) is 23.9 Å². The minimum absolute atomic E-state index is 0.777. The number of nitrogens with two attached hydrogens (primary N) is 1. The van der Waals surface area contributed by atoms with E-state index in [1.54, 1.807) is 0 Å². The number of halogens is 1. The second kappa shape index (κ2) is 5.02. The van der Waals surface area contributed by atoms with Gasteiger partial charge in [-0.2, -0.15) is 5.10 Å². The highest BCUT2D eigenvalue weighted by atomic mass is 35.5. The van der Waals surface area contributed by atoms with Crippen molar-refractivity contribution < 1.29 is 0 Å². The van der Waals surface area contributed by atoms with E-state index in [1.165, 1.54) is 11.3 Å². The Hall–Kier alpha value is -1.68. The van der Waals surface area contributed by atoms with Gasteiger partial charge in [0.25, 0.3) is 0 Å². The molecule has 2 heterocycles. The lowest BCUT2D eigenvalue weighted by Crippen LogP contribution is -2.21. The summed E-state index contributed by atoms with van der Waals surface area (Å²) in [5.74, 6) is 0. The first kappa shape index (κ1) is 13.3. The maximum absolute atomic E-state index is 6.43. The van der Waals surface area contributed by atoms with Crippen molar-refractivity contribution in [2.45, 2.75) is 26.3 Å². The van der Waals surface area contributed by atoms with Gasteiger partial charge in [-0.3, -0.25) is 4.68 Å². The van der Waals surface area contributed by atoms with Gasteiger partial charge >= 0.3 is 0 Å². The average Bonchev–Trinajstić information content (AvgIpc) is 2.94. The second-order valence-corrected chi connectivity index (χ2v) is 5.62. The lowest BCUT2D eigenvalue weighted by molar-refractivity contribution is 0.680. The molecule has 5 heteroatoms. The average molecular weight is 291 g/mol. The Morgan fingerprint density at radius 3 is 2.90 bits per heavy atom. The largest absolute Gasteiger partial charge is 0.399 e. The second-order valence-electron chi connectivity index (χ2n) is 5.24. The fourth-order valence-electron chi connectivity index (χ4n) is 2.80. The summed E-state index contributed by atoms with van der Waals surface area (Å²) in [7, 11) is 1.96. The van der Waals surface area contributed by atoms with Gasteiger partial charge in [0, 0.05) is 25.0 Å². The normalized spacial score (nSPS) is 13.8. The van der Waals surface area contributed by atoms with Crippen LogP contribution < -0.4 is 10.6 Å². The van der Waals surface area contributed by atoms with E-state index < -0.39 is 0 Å². The molecular weight excluding hydrogens is 272 g/mol. The van der Waals surface area contributed by atoms with Crippen LogP contribution in [0.3, 0.4) is 0 Å². The molecule has 2 N–H and O–H groups in total. The van der Waals surface area contributed by atoms with Crippen LogP contribution in [0.4, 0.5) is 11.4 Å². The molecule has 1 aromatic heterocycles. The molecule has 0 bridgehead atoms. The van der Waals surface area contributed by atoms with Gasteiger partial charge in [0.2, 0.25) is 0 Å². The van der Waals surface area contributed by atoms with Gasteiger partial charge < -0.3 is 10.6 Å². The fourth-order valence-corrected chi connectivity index (χ4v) is 3.15. The van der Waals surface area contributed by atoms with Crippen LogP contribution in [-0.2, 0) is 26.4 Å². The molecule has 0 saturated carbocycles. The number of rotatable bonds is 3. The Morgan fingerprint density at radius 1 is 1.40 bits per heavy atom. The summed E-state index contributed by atoms with van der Waals surface area (Å²) >= 11 is 6.43. The highest BCUT2D eigenvalue weighted by Crippen LogP contribution is 2.32. The molecular formula is C15H19ClN4. The van der Waals surface area contributed by atoms with Gasteiger partial charge in [-0.25, -0.2) is 0 Å². The zero-order valence-electron chi connectivity index (χ0n) is 11.9. The lowest BCUT2D eigenvalue weighted by atomic mass is 10.1. The van der Waals surface area contributed by atoms with Crippen molar-refractivity contribution in [2.75, 3.05) is 17.2 Å². The van der Waals surface area contributed by atoms with Crippen LogP contribution in [0.2, 0.25) is 5.02 Å². The van der Waals surface area contributed by atoms with Crippen LogP contribution in [0.25, 0.3) is 0 Å². The van der Waals surface area contributed by atoms with Crippen molar-refractivity contribution >= 4 is 23.0 Å². The van der Waals surface area contributed by atoms with E-state index in [2.05, 4.69) is 23.0 Å². The van der Waals surface area contributed by atoms with E-state index in [9.17, 15) is 0 Å². The number of anilines is 2. The van der Waals surface area contributed by atoms with E-state index in [4.69, 9.17) is 17.3 Å². The highest BCUT2D eigenvalue weighted by Gasteiger charge is 2.22. The molecule has 0 unspecified atom stereocenters. The smallest absolute Gasteiger partial charge is 0.0868 e. The summed E-state index contributed by atoms with van der Waals surface area (Å²) in [6.07, 6.45) is 1.92. The summed E-state index contributed by atoms with van der Waals surface area (Å²) in [6.45, 7) is 3.85. The van der Waals surface area contributed by atoms with E-state index in [0.717, 1.165) is 48.0 Å². The van der Waals surface area contributed by atoms with E-state index >= 15 is 0 Å². The third kappa shape index (κ3) is 2.14. The number of fused-ring (bicyclic) bond motifs is 1. The third-order valence-corrected chi connectivity index (χ3v) is 4.38. The molecule has 106 valence electrons. The third-order valence-electron chi connectivity index (χ3n) is 3.94. The van der Waals surface area contributed by atoms with Crippen molar-refractivity contribution in [2.24, 2.45) is 7.05 Å². The monoisotopic (exact) mass is 290 g/mol. The minimum atomic E-state index is 0.777. The van der Waals surface area contributed by atoms with E-state index in [0.29, 0.717) is 0 Å². The zero-order valence-corrected chi connectivity index (χ0v) is 12.6. The summed E-state index contributed by atoms with van der Waals surface area (Å²) in [5, 5.41) is 5.28. The van der Waals surface area contributed by atoms with E-state index in [-0.39, 0.29) is 0 Å². The number of nitrogens with zero attached hydrogens (tertiary/aromatic N) is 3. The minimum Gasteiger partial charge on any atom is -0.399 e. The van der Waals surface area contributed by atoms with Crippen molar-refractivity contribution in [1.29, 1.82) is 0 Å². The van der Waals surface area contributed by atoms with Crippen molar-refractivity contribution in [1.82, 2.24) is 9.78 Å². The number of aryl methyl sites for hydroxylation is 2. The van der Waals surface area contributed by atoms with Crippen LogP contribution in [0.1, 0.15) is 23.9 Å². The first-order valence-electron chi connectivity index (χ1n) is 6.93. The Kier molecular flexibility index (Phi) is 3.34. The molecule has 1 aliphatic rings. The first-order valence-corrected chi connectivity index (χ1v) is 7.31. The van der Waals surface area contributed by atoms with Crippen LogP contribution in [0.5, 0.6) is 0 Å². The van der Waals surface area contributed by atoms with Crippen LogP contribution in [0, 0.1) is 0 Å². The van der Waals surface area contributed by atoms with Gasteiger partial charge in [0.1, 0.15) is 0 Å². The molecule has 0 spiro atoms. The van der Waals surface area contributed by atoms with Gasteiger partial charge in [-0.15, -0.1) is 0 Å². The molecule has 1 aromatic carbocycles. The Labute approximate surface area is 124 Å². The van der Waals surface area contributed by atoms with Gasteiger partial charge in [0.05, 0.1) is 23.0 Å². The molecule has 0 aliphatic carbocycles. The molecule has 0 radical (unpaired) electrons. The topological polar surface area (TPSA) is 47.1 Å². The molecule has 1 aliphatic heterocycles. The molecule has 2 aromatic rings. The molecule has 0 fully saturated rings. The number of benzene rings is 1. The Morgan fingerprint density at radius 2 is 2.20 bits per heavy atom. The standard InChI is InChI=1S/C15H19ClN4/c1-3-12-15(16)14(19(2)18-12)9-20-7-6-10-4-5-11(17)8-13(10)20/h4-5,8H,3,6-7,9,17H2,1-2H3. The SMILES string of the molecule is CCc1nn(C)c(CN2CCc3ccc(N)cc32)c1Cl. The quantitative estimate of drug-likeness (QED) is 0.884. The zero-order chi connectivity index (χ0) is 14.3. The molecule has 20 heavy (non-hydrogen) atoms. The Balaban J connectivity index is 1.91. The van der Waals surface area contributed by atoms with Crippen molar-refractivity contribution in [3.8, 4) is 0 Å². The van der Waals surface area contributed by atoms with Gasteiger partial charge in [-0.05, 0) is 30.5 Å². The maximum atomic E-state index is 6.43. The summed E-state index contributed by atoms with van der Waals surface area (Å²) in [4.78, 5) is 2.33. The lowest BCUT2D eigenvalue weighted by Gasteiger charge is -2.20. The molecule has 3 rings (SSSR count). The van der Waals surface area contributed by atoms with Crippen LogP contribution in [-0.4, -0.2) is 16.3 Å². The number of hydrogen-bond donors (Lipinski definition) is 1. The maximum Gasteiger partial charge on any atom is 0.0868 e. The molecule has 0 saturated heterocycles. The molecule has 4 nitrogen and oxygen atoms in total. The summed E-state index contributed by atoms with van der Waals surface area (Å²) < 4.78 is 1.89. The fraction of sp³-hybridized carbons (Fsp3) is 0.400. The van der Waals surface area contributed by atoms with Crippen LogP contribution >= 0.6 is 11.6 Å². The van der Waals surface area contributed by atoms with Crippen molar-refractivity contribution in [3.63, 3.8) is 0 Å². The number of hydrogen-bond acceptors (Lipinski definition) is 3. The molecule has 0 atom stereocenters. The predicted octanol–water partition coefficient (Wildman–Crippen LogP) is 2.78. The first-order chi connectivity index (χ1) is 9.60. The summed E-state index contributed by atoms with van der Waals surface area (Å²) in [6, 6.07) is 6.13. The Bertz CT molecular complexity index is 648. The number of aromatic nitrogens is 2. The predicted molar refractivity (Wildman–Crippen MR) is 83.2 cm³/mol.